The number of hydrogen-bond acceptors (Lipinski definition) is 8. The van der Waals surface area contributed by atoms with Crippen LogP contribution in [0.2, 0.25) is 0 Å². The second-order valence-electron chi connectivity index (χ2n) is 2.78. The highest BCUT2D eigenvalue weighted by molar-refractivity contribution is 7.18. The lowest BCUT2D eigenvalue weighted by Crippen LogP contribution is -2.05. The standard InChI is InChI=1S/C7H7N5O3S/c13-12(14)6-3-9-7(16-6)8-2-1-5-10-4-15-11-5/h3-4H,1-2H2,(H,8,9). The number of rotatable bonds is 5. The van der Waals surface area contributed by atoms with E-state index in [9.17, 15) is 10.1 Å². The molecule has 0 spiro atoms. The third-order valence-electron chi connectivity index (χ3n) is 1.71. The molecule has 0 amide bonds. The summed E-state index contributed by atoms with van der Waals surface area (Å²) in [5.74, 6) is 0.582. The molecule has 0 radical (unpaired) electrons. The fraction of sp³-hybridized carbons (Fsp3) is 0.286. The van der Waals surface area contributed by atoms with Crippen LogP contribution in [0.4, 0.5) is 10.1 Å². The summed E-state index contributed by atoms with van der Waals surface area (Å²) < 4.78 is 4.56. The van der Waals surface area contributed by atoms with Gasteiger partial charge in [0, 0.05) is 13.0 Å². The van der Waals surface area contributed by atoms with Crippen molar-refractivity contribution in [3.05, 3.63) is 28.5 Å². The molecule has 0 atom stereocenters. The molecule has 0 aliphatic heterocycles. The number of nitrogens with zero attached hydrogens (tertiary/aromatic N) is 4. The fourth-order valence-corrected chi connectivity index (χ4v) is 1.67. The molecule has 2 rings (SSSR count). The monoisotopic (exact) mass is 241 g/mol. The molecule has 0 aliphatic rings. The van der Waals surface area contributed by atoms with Crippen molar-refractivity contribution in [2.45, 2.75) is 6.42 Å². The van der Waals surface area contributed by atoms with E-state index < -0.39 is 4.92 Å². The molecule has 0 bridgehead atoms. The summed E-state index contributed by atoms with van der Waals surface area (Å²) in [6.07, 6.45) is 3.05. The summed E-state index contributed by atoms with van der Waals surface area (Å²) in [6.45, 7) is 0.546. The smallest absolute Gasteiger partial charge is 0.345 e. The van der Waals surface area contributed by atoms with Gasteiger partial charge in [0.1, 0.15) is 6.20 Å². The molecule has 2 aromatic heterocycles. The third kappa shape index (κ3) is 2.51. The molecule has 0 unspecified atom stereocenters. The Morgan fingerprint density at radius 3 is 3.06 bits per heavy atom. The quantitative estimate of drug-likeness (QED) is 0.616. The Kier molecular flexibility index (Phi) is 3.05. The van der Waals surface area contributed by atoms with E-state index in [1.807, 2.05) is 0 Å². The number of aromatic nitrogens is 3. The highest BCUT2D eigenvalue weighted by Crippen LogP contribution is 2.24. The van der Waals surface area contributed by atoms with Crippen LogP contribution in [0.1, 0.15) is 5.82 Å². The minimum absolute atomic E-state index is 0.0158. The second kappa shape index (κ2) is 4.66. The molecule has 1 N–H and O–H groups in total. The Bertz CT molecular complexity index is 468. The maximum atomic E-state index is 10.4. The van der Waals surface area contributed by atoms with Gasteiger partial charge in [0.2, 0.25) is 6.39 Å². The van der Waals surface area contributed by atoms with Crippen molar-refractivity contribution in [3.8, 4) is 0 Å². The van der Waals surface area contributed by atoms with Crippen LogP contribution in [0.5, 0.6) is 0 Å². The topological polar surface area (TPSA) is 107 Å². The Labute approximate surface area is 93.5 Å². The Morgan fingerprint density at radius 2 is 2.44 bits per heavy atom. The van der Waals surface area contributed by atoms with E-state index in [2.05, 4.69) is 25.0 Å². The summed E-state index contributed by atoms with van der Waals surface area (Å²) in [6, 6.07) is 0. The van der Waals surface area contributed by atoms with Gasteiger partial charge in [-0.25, -0.2) is 4.98 Å². The average molecular weight is 241 g/mol. The van der Waals surface area contributed by atoms with Gasteiger partial charge in [0.15, 0.2) is 11.0 Å². The molecule has 84 valence electrons. The van der Waals surface area contributed by atoms with E-state index >= 15 is 0 Å². The summed E-state index contributed by atoms with van der Waals surface area (Å²) in [5, 5.41) is 17.5. The molecule has 2 aromatic rings. The number of nitro groups is 1. The van der Waals surface area contributed by atoms with E-state index in [1.54, 1.807) is 0 Å². The van der Waals surface area contributed by atoms with E-state index in [4.69, 9.17) is 0 Å². The van der Waals surface area contributed by atoms with Crippen LogP contribution < -0.4 is 5.32 Å². The molecule has 0 saturated heterocycles. The van der Waals surface area contributed by atoms with Crippen LogP contribution in [0.3, 0.4) is 0 Å². The van der Waals surface area contributed by atoms with Gasteiger partial charge < -0.3 is 9.84 Å². The van der Waals surface area contributed by atoms with Gasteiger partial charge in [-0.05, 0) is 11.3 Å². The lowest BCUT2D eigenvalue weighted by molar-refractivity contribution is -0.380. The molecule has 0 aliphatic carbocycles. The first kappa shape index (κ1) is 10.5. The summed E-state index contributed by atoms with van der Waals surface area (Å²) in [7, 11) is 0. The third-order valence-corrected chi connectivity index (χ3v) is 2.61. The molecular weight excluding hydrogens is 234 g/mol. The van der Waals surface area contributed by atoms with Crippen molar-refractivity contribution < 1.29 is 9.45 Å². The number of thiazole rings is 1. The minimum atomic E-state index is -0.470. The van der Waals surface area contributed by atoms with Crippen LogP contribution in [-0.4, -0.2) is 26.6 Å². The van der Waals surface area contributed by atoms with Gasteiger partial charge in [-0.15, -0.1) is 0 Å². The maximum absolute atomic E-state index is 10.4. The number of anilines is 1. The van der Waals surface area contributed by atoms with Crippen molar-refractivity contribution in [1.29, 1.82) is 0 Å². The number of nitrogens with one attached hydrogen (secondary N) is 1. The maximum Gasteiger partial charge on any atom is 0.345 e. The molecular formula is C7H7N5O3S. The molecule has 0 fully saturated rings. The largest absolute Gasteiger partial charge is 0.361 e. The highest BCUT2D eigenvalue weighted by Gasteiger charge is 2.10. The SMILES string of the molecule is O=[N+]([O-])c1cnc(NCCc2ncon2)s1. The molecule has 16 heavy (non-hydrogen) atoms. The normalized spacial score (nSPS) is 10.2. The fourth-order valence-electron chi connectivity index (χ4n) is 1.02. The van der Waals surface area contributed by atoms with Crippen LogP contribution in [0.25, 0.3) is 0 Å². The van der Waals surface area contributed by atoms with E-state index in [0.717, 1.165) is 11.3 Å². The van der Waals surface area contributed by atoms with Crippen LogP contribution in [0, 0.1) is 10.1 Å². The summed E-state index contributed by atoms with van der Waals surface area (Å²) >= 11 is 0.993. The minimum Gasteiger partial charge on any atom is -0.361 e. The van der Waals surface area contributed by atoms with Gasteiger partial charge >= 0.3 is 5.00 Å². The zero-order valence-electron chi connectivity index (χ0n) is 7.99. The van der Waals surface area contributed by atoms with E-state index in [0.29, 0.717) is 23.9 Å². The van der Waals surface area contributed by atoms with Crippen LogP contribution in [-0.2, 0) is 6.42 Å². The van der Waals surface area contributed by atoms with Crippen molar-refractivity contribution >= 4 is 21.5 Å². The van der Waals surface area contributed by atoms with Crippen molar-refractivity contribution in [2.75, 3.05) is 11.9 Å². The predicted molar refractivity (Wildman–Crippen MR) is 55.3 cm³/mol. The molecule has 0 aromatic carbocycles. The number of hydrogen-bond donors (Lipinski definition) is 1. The Hall–Kier alpha value is -2.03. The highest BCUT2D eigenvalue weighted by atomic mass is 32.1. The van der Waals surface area contributed by atoms with Gasteiger partial charge in [-0.3, -0.25) is 10.1 Å². The first-order chi connectivity index (χ1) is 7.75. The van der Waals surface area contributed by atoms with Crippen LogP contribution >= 0.6 is 11.3 Å². The lowest BCUT2D eigenvalue weighted by Gasteiger charge is -1.97. The molecule has 0 saturated carbocycles. The van der Waals surface area contributed by atoms with Crippen molar-refractivity contribution in [3.63, 3.8) is 0 Å². The van der Waals surface area contributed by atoms with Gasteiger partial charge in [0.05, 0.1) is 4.92 Å². The lowest BCUT2D eigenvalue weighted by atomic mass is 10.4. The van der Waals surface area contributed by atoms with Gasteiger partial charge in [-0.1, -0.05) is 5.16 Å². The summed E-state index contributed by atoms with van der Waals surface area (Å²) in [5.41, 5.74) is 0. The van der Waals surface area contributed by atoms with Gasteiger partial charge in [-0.2, -0.15) is 4.98 Å². The zero-order chi connectivity index (χ0) is 11.4. The second-order valence-corrected chi connectivity index (χ2v) is 3.79. The molecule has 9 heteroatoms. The van der Waals surface area contributed by atoms with E-state index in [-0.39, 0.29) is 5.00 Å². The molecule has 8 nitrogen and oxygen atoms in total. The Morgan fingerprint density at radius 1 is 1.56 bits per heavy atom. The summed E-state index contributed by atoms with van der Waals surface area (Å²) in [4.78, 5) is 17.6. The first-order valence-corrected chi connectivity index (χ1v) is 5.16. The Balaban J connectivity index is 1.83. The predicted octanol–water partition coefficient (Wildman–Crippen LogP) is 1.09. The van der Waals surface area contributed by atoms with Crippen molar-refractivity contribution in [1.82, 2.24) is 15.1 Å². The van der Waals surface area contributed by atoms with Gasteiger partial charge in [0.25, 0.3) is 0 Å². The first-order valence-electron chi connectivity index (χ1n) is 4.35. The molecule has 2 heterocycles. The van der Waals surface area contributed by atoms with E-state index in [1.165, 1.54) is 12.6 Å². The zero-order valence-corrected chi connectivity index (χ0v) is 8.81. The van der Waals surface area contributed by atoms with Crippen molar-refractivity contribution in [2.24, 2.45) is 0 Å². The van der Waals surface area contributed by atoms with Crippen LogP contribution in [0.15, 0.2) is 17.1 Å². The average Bonchev–Trinajstić information content (AvgIpc) is 2.87.